The van der Waals surface area contributed by atoms with Crippen LogP contribution in [0.15, 0.2) is 42.5 Å². The average Bonchev–Trinajstić information content (AvgIpc) is 3.45. The van der Waals surface area contributed by atoms with E-state index in [9.17, 15) is 4.79 Å². The van der Waals surface area contributed by atoms with E-state index < -0.39 is 0 Å². The van der Waals surface area contributed by atoms with Crippen LogP contribution in [0, 0.1) is 6.92 Å². The van der Waals surface area contributed by atoms with E-state index in [1.807, 2.05) is 31.2 Å². The Morgan fingerprint density at radius 3 is 2.81 bits per heavy atom. The molecule has 6 heteroatoms. The van der Waals surface area contributed by atoms with E-state index in [2.05, 4.69) is 28.6 Å². The highest BCUT2D eigenvalue weighted by atomic mass is 16.5. The third kappa shape index (κ3) is 5.27. The van der Waals surface area contributed by atoms with Crippen LogP contribution < -0.4 is 15.4 Å². The summed E-state index contributed by atoms with van der Waals surface area (Å²) in [7, 11) is 0. The molecule has 0 saturated carbocycles. The maximum atomic E-state index is 12.8. The van der Waals surface area contributed by atoms with Crippen molar-refractivity contribution in [2.45, 2.75) is 45.8 Å². The van der Waals surface area contributed by atoms with Crippen LogP contribution in [0.25, 0.3) is 10.9 Å². The van der Waals surface area contributed by atoms with Gasteiger partial charge in [0.15, 0.2) is 0 Å². The number of benzene rings is 2. The first-order valence-electron chi connectivity index (χ1n) is 11.1. The minimum absolute atomic E-state index is 0.135. The zero-order valence-corrected chi connectivity index (χ0v) is 18.3. The van der Waals surface area contributed by atoms with Crippen molar-refractivity contribution in [1.29, 1.82) is 0 Å². The fourth-order valence-corrected chi connectivity index (χ4v) is 3.90. The molecule has 164 valence electrons. The van der Waals surface area contributed by atoms with E-state index in [1.54, 1.807) is 12.1 Å². The second-order valence-electron chi connectivity index (χ2n) is 8.10. The third-order valence-corrected chi connectivity index (χ3v) is 5.68. The smallest absolute Gasteiger partial charge is 0.255 e. The minimum atomic E-state index is -0.135. The van der Waals surface area contributed by atoms with E-state index in [4.69, 9.17) is 9.47 Å². The Kier molecular flexibility index (Phi) is 6.89. The van der Waals surface area contributed by atoms with Crippen LogP contribution in [0.1, 0.15) is 47.8 Å². The van der Waals surface area contributed by atoms with Crippen LogP contribution in [0.2, 0.25) is 0 Å². The van der Waals surface area contributed by atoms with Gasteiger partial charge in [-0.05, 0) is 74.7 Å². The summed E-state index contributed by atoms with van der Waals surface area (Å²) in [6, 6.07) is 13.4. The Bertz CT molecular complexity index is 1020. The molecular formula is C25H31N3O3. The number of H-pyrrole nitrogens is 1. The average molecular weight is 422 g/mol. The number of carbonyl (C=O) groups is 1. The molecule has 0 unspecified atom stereocenters. The molecule has 4 rings (SSSR count). The molecule has 6 nitrogen and oxygen atoms in total. The van der Waals surface area contributed by atoms with Gasteiger partial charge in [-0.25, -0.2) is 0 Å². The molecule has 0 aliphatic carbocycles. The summed E-state index contributed by atoms with van der Waals surface area (Å²) >= 11 is 0. The molecular weight excluding hydrogens is 390 g/mol. The Morgan fingerprint density at radius 1 is 1.23 bits per heavy atom. The highest BCUT2D eigenvalue weighted by Crippen LogP contribution is 2.26. The predicted molar refractivity (Wildman–Crippen MR) is 124 cm³/mol. The van der Waals surface area contributed by atoms with Gasteiger partial charge in [-0.15, -0.1) is 0 Å². The maximum absolute atomic E-state index is 12.8. The lowest BCUT2D eigenvalue weighted by atomic mass is 10.1. The highest BCUT2D eigenvalue weighted by Gasteiger charge is 2.16. The van der Waals surface area contributed by atoms with E-state index in [0.717, 1.165) is 72.6 Å². The Balaban J connectivity index is 1.39. The lowest BCUT2D eigenvalue weighted by Gasteiger charge is -2.12. The first kappa shape index (κ1) is 21.4. The topological polar surface area (TPSA) is 75.4 Å². The van der Waals surface area contributed by atoms with Gasteiger partial charge >= 0.3 is 0 Å². The Labute approximate surface area is 183 Å². The van der Waals surface area contributed by atoms with E-state index in [1.165, 1.54) is 0 Å². The van der Waals surface area contributed by atoms with Crippen molar-refractivity contribution in [3.8, 4) is 5.75 Å². The molecule has 1 aliphatic heterocycles. The number of hydrogen-bond donors (Lipinski definition) is 3. The van der Waals surface area contributed by atoms with Crippen LogP contribution in [-0.2, 0) is 11.3 Å². The monoisotopic (exact) mass is 421 g/mol. The molecule has 2 aromatic carbocycles. The van der Waals surface area contributed by atoms with Gasteiger partial charge in [-0.3, -0.25) is 4.79 Å². The van der Waals surface area contributed by atoms with Crippen molar-refractivity contribution < 1.29 is 14.3 Å². The number of aromatic amines is 1. The van der Waals surface area contributed by atoms with Crippen LogP contribution in [0.5, 0.6) is 5.75 Å². The van der Waals surface area contributed by atoms with Gasteiger partial charge in [0.25, 0.3) is 5.91 Å². The number of rotatable bonds is 9. The largest absolute Gasteiger partial charge is 0.491 e. The molecule has 0 radical (unpaired) electrons. The first-order chi connectivity index (χ1) is 15.1. The molecule has 1 aromatic heterocycles. The van der Waals surface area contributed by atoms with Crippen LogP contribution in [0.3, 0.4) is 0 Å². The molecule has 1 amide bonds. The predicted octanol–water partition coefficient (Wildman–Crippen LogP) is 4.79. The zero-order valence-electron chi connectivity index (χ0n) is 18.3. The fraction of sp³-hybridized carbons (Fsp3) is 0.400. The molecule has 0 spiro atoms. The molecule has 1 fully saturated rings. The molecule has 3 N–H and O–H groups in total. The van der Waals surface area contributed by atoms with E-state index in [-0.39, 0.29) is 12.0 Å². The number of anilines is 1. The number of nitrogens with one attached hydrogen (secondary N) is 3. The summed E-state index contributed by atoms with van der Waals surface area (Å²) in [6.45, 7) is 7.36. The minimum Gasteiger partial charge on any atom is -0.491 e. The number of amides is 1. The van der Waals surface area contributed by atoms with Crippen molar-refractivity contribution >= 4 is 22.5 Å². The number of aromatic nitrogens is 1. The maximum Gasteiger partial charge on any atom is 0.255 e. The summed E-state index contributed by atoms with van der Waals surface area (Å²) in [6.07, 6.45) is 3.42. The molecule has 31 heavy (non-hydrogen) atoms. The third-order valence-electron chi connectivity index (χ3n) is 5.68. The number of aryl methyl sites for hydroxylation is 1. The second-order valence-corrected chi connectivity index (χ2v) is 8.10. The first-order valence-corrected chi connectivity index (χ1v) is 11.1. The SMILES string of the molecule is CCCNCc1cc2ccc(NC(=O)c3ccc(OC[C@@H]4CCCO4)cc3)c(C)c2[nH]1. The summed E-state index contributed by atoms with van der Waals surface area (Å²) < 4.78 is 11.4. The molecule has 1 saturated heterocycles. The van der Waals surface area contributed by atoms with Crippen molar-refractivity contribution in [2.75, 3.05) is 25.1 Å². The number of ether oxygens (including phenoxy) is 2. The number of hydrogen-bond acceptors (Lipinski definition) is 4. The van der Waals surface area contributed by atoms with Gasteiger partial charge in [0.05, 0.1) is 11.6 Å². The summed E-state index contributed by atoms with van der Waals surface area (Å²) in [4.78, 5) is 16.2. The van der Waals surface area contributed by atoms with Crippen LogP contribution in [0.4, 0.5) is 5.69 Å². The lowest BCUT2D eigenvalue weighted by molar-refractivity contribution is 0.0679. The molecule has 1 aliphatic rings. The van der Waals surface area contributed by atoms with Gasteiger partial charge in [0.1, 0.15) is 12.4 Å². The lowest BCUT2D eigenvalue weighted by Crippen LogP contribution is -2.16. The molecule has 2 heterocycles. The highest BCUT2D eigenvalue weighted by molar-refractivity contribution is 6.06. The summed E-state index contributed by atoms with van der Waals surface area (Å²) in [5.74, 6) is 0.616. The van der Waals surface area contributed by atoms with Crippen molar-refractivity contribution in [3.63, 3.8) is 0 Å². The normalized spacial score (nSPS) is 16.0. The quantitative estimate of drug-likeness (QED) is 0.435. The van der Waals surface area contributed by atoms with Gasteiger partial charge in [0, 0.05) is 35.5 Å². The second kappa shape index (κ2) is 9.98. The van der Waals surface area contributed by atoms with E-state index >= 15 is 0 Å². The van der Waals surface area contributed by atoms with E-state index in [0.29, 0.717) is 12.2 Å². The van der Waals surface area contributed by atoms with Crippen molar-refractivity contribution in [1.82, 2.24) is 10.3 Å². The number of fused-ring (bicyclic) bond motifs is 1. The van der Waals surface area contributed by atoms with Crippen LogP contribution in [-0.4, -0.2) is 36.8 Å². The molecule has 1 atom stereocenters. The van der Waals surface area contributed by atoms with Crippen molar-refractivity contribution in [2.24, 2.45) is 0 Å². The summed E-state index contributed by atoms with van der Waals surface area (Å²) in [5.41, 5.74) is 4.65. The van der Waals surface area contributed by atoms with Gasteiger partial charge in [0.2, 0.25) is 0 Å². The van der Waals surface area contributed by atoms with Gasteiger partial charge < -0.3 is 25.1 Å². The number of carbonyl (C=O) groups excluding carboxylic acids is 1. The molecule has 3 aromatic rings. The van der Waals surface area contributed by atoms with Crippen molar-refractivity contribution in [3.05, 3.63) is 59.3 Å². The Morgan fingerprint density at radius 2 is 2.06 bits per heavy atom. The standard InChI is InChI=1S/C25H31N3O3/c1-3-12-26-15-20-14-19-8-11-23(17(2)24(19)27-20)28-25(29)18-6-9-21(10-7-18)31-16-22-5-4-13-30-22/h6-11,14,22,26-27H,3-5,12-13,15-16H2,1-2H3,(H,28,29)/t22-/m0/s1. The van der Waals surface area contributed by atoms with Crippen LogP contribution >= 0.6 is 0 Å². The fourth-order valence-electron chi connectivity index (χ4n) is 3.90. The van der Waals surface area contributed by atoms with Gasteiger partial charge in [-0.2, -0.15) is 0 Å². The summed E-state index contributed by atoms with van der Waals surface area (Å²) in [5, 5.41) is 7.60. The Hall–Kier alpha value is -2.83. The zero-order chi connectivity index (χ0) is 21.6. The van der Waals surface area contributed by atoms with Gasteiger partial charge in [-0.1, -0.05) is 13.0 Å². The molecule has 0 bridgehead atoms.